The summed E-state index contributed by atoms with van der Waals surface area (Å²) in [6, 6.07) is 5.57. The molecule has 1 aromatic rings. The SMILES string of the molecule is CNCC1CCCN(C(=O)c2cccc(N3CCNC3=O)c2C)C1. The van der Waals surface area contributed by atoms with Crippen LogP contribution in [0.25, 0.3) is 0 Å². The number of piperidine rings is 1. The first-order chi connectivity index (χ1) is 11.6. The lowest BCUT2D eigenvalue weighted by molar-refractivity contribution is 0.0673. The van der Waals surface area contributed by atoms with Crippen LogP contribution in [0.3, 0.4) is 0 Å². The van der Waals surface area contributed by atoms with E-state index in [4.69, 9.17) is 0 Å². The van der Waals surface area contributed by atoms with E-state index in [2.05, 4.69) is 10.6 Å². The molecule has 0 spiro atoms. The lowest BCUT2D eigenvalue weighted by Crippen LogP contribution is -2.42. The van der Waals surface area contributed by atoms with Crippen molar-refractivity contribution in [1.29, 1.82) is 0 Å². The van der Waals surface area contributed by atoms with E-state index in [0.717, 1.165) is 43.7 Å². The minimum Gasteiger partial charge on any atom is -0.338 e. The van der Waals surface area contributed by atoms with Crippen LogP contribution in [0.4, 0.5) is 10.5 Å². The zero-order chi connectivity index (χ0) is 17.1. The molecule has 2 aliphatic heterocycles. The molecule has 3 rings (SSSR count). The molecule has 0 radical (unpaired) electrons. The van der Waals surface area contributed by atoms with Gasteiger partial charge in [0.1, 0.15) is 0 Å². The van der Waals surface area contributed by atoms with Crippen molar-refractivity contribution >= 4 is 17.6 Å². The van der Waals surface area contributed by atoms with E-state index < -0.39 is 0 Å². The topological polar surface area (TPSA) is 64.7 Å². The number of nitrogens with one attached hydrogen (secondary N) is 2. The van der Waals surface area contributed by atoms with Gasteiger partial charge in [0.2, 0.25) is 0 Å². The van der Waals surface area contributed by atoms with Crippen LogP contribution in [0.2, 0.25) is 0 Å². The molecular weight excluding hydrogens is 304 g/mol. The maximum absolute atomic E-state index is 13.0. The second-order valence-corrected chi connectivity index (χ2v) is 6.65. The molecule has 24 heavy (non-hydrogen) atoms. The van der Waals surface area contributed by atoms with Crippen molar-refractivity contribution in [3.8, 4) is 0 Å². The van der Waals surface area contributed by atoms with Crippen LogP contribution in [-0.2, 0) is 0 Å². The Morgan fingerprint density at radius 2 is 2.21 bits per heavy atom. The highest BCUT2D eigenvalue weighted by atomic mass is 16.2. The number of rotatable bonds is 4. The lowest BCUT2D eigenvalue weighted by Gasteiger charge is -2.33. The van der Waals surface area contributed by atoms with Gasteiger partial charge in [0.25, 0.3) is 5.91 Å². The number of benzene rings is 1. The van der Waals surface area contributed by atoms with Gasteiger partial charge in [-0.3, -0.25) is 9.69 Å². The number of nitrogens with zero attached hydrogens (tertiary/aromatic N) is 2. The van der Waals surface area contributed by atoms with Crippen molar-refractivity contribution in [3.05, 3.63) is 29.3 Å². The molecule has 1 unspecified atom stereocenters. The molecule has 2 N–H and O–H groups in total. The van der Waals surface area contributed by atoms with Gasteiger partial charge in [0.05, 0.1) is 0 Å². The maximum atomic E-state index is 13.0. The van der Waals surface area contributed by atoms with Crippen molar-refractivity contribution in [1.82, 2.24) is 15.5 Å². The summed E-state index contributed by atoms with van der Waals surface area (Å²) >= 11 is 0. The fraction of sp³-hybridized carbons (Fsp3) is 0.556. The van der Waals surface area contributed by atoms with E-state index in [-0.39, 0.29) is 11.9 Å². The van der Waals surface area contributed by atoms with E-state index in [1.807, 2.05) is 37.1 Å². The lowest BCUT2D eigenvalue weighted by atomic mass is 9.96. The van der Waals surface area contributed by atoms with Crippen LogP contribution in [0, 0.1) is 12.8 Å². The average Bonchev–Trinajstić information content (AvgIpc) is 3.01. The largest absolute Gasteiger partial charge is 0.338 e. The molecule has 1 aromatic carbocycles. The van der Waals surface area contributed by atoms with Crippen molar-refractivity contribution in [3.63, 3.8) is 0 Å². The third-order valence-electron chi connectivity index (χ3n) is 4.98. The van der Waals surface area contributed by atoms with Gasteiger partial charge in [-0.05, 0) is 57.0 Å². The summed E-state index contributed by atoms with van der Waals surface area (Å²) in [6.45, 7) is 5.78. The Balaban J connectivity index is 1.81. The van der Waals surface area contributed by atoms with Crippen molar-refractivity contribution in [2.45, 2.75) is 19.8 Å². The van der Waals surface area contributed by atoms with E-state index in [1.54, 1.807) is 4.90 Å². The first kappa shape index (κ1) is 16.8. The number of amides is 3. The Bertz CT molecular complexity index is 629. The van der Waals surface area contributed by atoms with Gasteiger partial charge >= 0.3 is 6.03 Å². The van der Waals surface area contributed by atoms with Gasteiger partial charge in [-0.2, -0.15) is 0 Å². The van der Waals surface area contributed by atoms with Crippen molar-refractivity contribution < 1.29 is 9.59 Å². The summed E-state index contributed by atoms with van der Waals surface area (Å²) < 4.78 is 0. The zero-order valence-corrected chi connectivity index (χ0v) is 14.5. The van der Waals surface area contributed by atoms with Crippen LogP contribution >= 0.6 is 0 Å². The molecule has 2 aliphatic rings. The molecule has 130 valence electrons. The Labute approximate surface area is 143 Å². The van der Waals surface area contributed by atoms with E-state index in [1.165, 1.54) is 0 Å². The van der Waals surface area contributed by atoms with E-state index >= 15 is 0 Å². The van der Waals surface area contributed by atoms with Crippen LogP contribution in [-0.4, -0.2) is 56.6 Å². The van der Waals surface area contributed by atoms with Gasteiger partial charge in [0.15, 0.2) is 0 Å². The smallest absolute Gasteiger partial charge is 0.322 e. The molecule has 3 amide bonds. The molecule has 0 saturated carbocycles. The third-order valence-corrected chi connectivity index (χ3v) is 4.98. The molecule has 0 bridgehead atoms. The van der Waals surface area contributed by atoms with E-state index in [0.29, 0.717) is 24.6 Å². The first-order valence-electron chi connectivity index (χ1n) is 8.70. The summed E-state index contributed by atoms with van der Waals surface area (Å²) in [5.74, 6) is 0.593. The predicted molar refractivity (Wildman–Crippen MR) is 94.5 cm³/mol. The maximum Gasteiger partial charge on any atom is 0.322 e. The second-order valence-electron chi connectivity index (χ2n) is 6.65. The summed E-state index contributed by atoms with van der Waals surface area (Å²) in [7, 11) is 1.95. The number of likely N-dealkylation sites (tertiary alicyclic amines) is 1. The fourth-order valence-corrected chi connectivity index (χ4v) is 3.72. The molecule has 1 atom stereocenters. The number of hydrogen-bond donors (Lipinski definition) is 2. The van der Waals surface area contributed by atoms with E-state index in [9.17, 15) is 9.59 Å². The Hall–Kier alpha value is -2.08. The summed E-state index contributed by atoms with van der Waals surface area (Å²) in [4.78, 5) is 28.6. The molecule has 2 fully saturated rings. The van der Waals surface area contributed by atoms with Crippen molar-refractivity contribution in [2.24, 2.45) is 5.92 Å². The summed E-state index contributed by atoms with van der Waals surface area (Å²) in [5.41, 5.74) is 2.42. The molecule has 2 saturated heterocycles. The molecule has 2 heterocycles. The Morgan fingerprint density at radius 1 is 1.38 bits per heavy atom. The standard InChI is InChI=1S/C18H26N4O2/c1-13-15(6-3-7-16(13)22-10-8-20-18(22)24)17(23)21-9-4-5-14(12-21)11-19-2/h3,6-7,14,19H,4-5,8-12H2,1-2H3,(H,20,24). The zero-order valence-electron chi connectivity index (χ0n) is 14.5. The van der Waals surface area contributed by atoms with Gasteiger partial charge < -0.3 is 15.5 Å². The minimum atomic E-state index is -0.0882. The predicted octanol–water partition coefficient (Wildman–Crippen LogP) is 1.60. The molecule has 0 aromatic heterocycles. The molecule has 6 heteroatoms. The van der Waals surface area contributed by atoms with Crippen molar-refractivity contribution in [2.75, 3.05) is 44.7 Å². The fourth-order valence-electron chi connectivity index (χ4n) is 3.72. The highest BCUT2D eigenvalue weighted by Gasteiger charge is 2.28. The summed E-state index contributed by atoms with van der Waals surface area (Å²) in [6.07, 6.45) is 2.21. The monoisotopic (exact) mass is 330 g/mol. The normalized spacial score (nSPS) is 21.1. The number of anilines is 1. The quantitative estimate of drug-likeness (QED) is 0.881. The van der Waals surface area contributed by atoms with Crippen LogP contribution in [0.15, 0.2) is 18.2 Å². The number of carbonyl (C=O) groups excluding carboxylic acids is 2. The highest BCUT2D eigenvalue weighted by molar-refractivity contribution is 6.00. The molecule has 0 aliphatic carbocycles. The minimum absolute atomic E-state index is 0.0785. The second kappa shape index (κ2) is 7.21. The number of carbonyl (C=O) groups is 2. The third kappa shape index (κ3) is 3.24. The number of urea groups is 1. The van der Waals surface area contributed by atoms with Crippen LogP contribution in [0.5, 0.6) is 0 Å². The first-order valence-corrected chi connectivity index (χ1v) is 8.70. The molecule has 6 nitrogen and oxygen atoms in total. The summed E-state index contributed by atoms with van der Waals surface area (Å²) in [5, 5.41) is 6.02. The van der Waals surface area contributed by atoms with Gasteiger partial charge in [-0.15, -0.1) is 0 Å². The van der Waals surface area contributed by atoms with Gasteiger partial charge in [-0.1, -0.05) is 6.07 Å². The Kier molecular flexibility index (Phi) is 5.04. The highest BCUT2D eigenvalue weighted by Crippen LogP contribution is 2.27. The van der Waals surface area contributed by atoms with Crippen LogP contribution in [0.1, 0.15) is 28.8 Å². The van der Waals surface area contributed by atoms with Gasteiger partial charge in [-0.25, -0.2) is 4.79 Å². The Morgan fingerprint density at radius 3 is 2.92 bits per heavy atom. The average molecular weight is 330 g/mol. The molecular formula is C18H26N4O2. The number of hydrogen-bond acceptors (Lipinski definition) is 3. The van der Waals surface area contributed by atoms with Crippen LogP contribution < -0.4 is 15.5 Å². The van der Waals surface area contributed by atoms with Gasteiger partial charge in [0, 0.05) is 37.4 Å².